The van der Waals surface area contributed by atoms with Crippen molar-refractivity contribution >= 4 is 12.2 Å². The lowest BCUT2D eigenvalue weighted by Gasteiger charge is -2.06. The molecule has 6 N–H and O–H groups in total. The van der Waals surface area contributed by atoms with Gasteiger partial charge in [0.2, 0.25) is 0 Å². The lowest BCUT2D eigenvalue weighted by atomic mass is 10.7. The van der Waals surface area contributed by atoms with Crippen LogP contribution in [0.15, 0.2) is 0 Å². The van der Waals surface area contributed by atoms with Gasteiger partial charge in [-0.05, 0) is 13.8 Å². The SMILES string of the molecule is CCN(N)C(=O)O.CCOC(=O)NN. The van der Waals surface area contributed by atoms with Gasteiger partial charge in [-0.1, -0.05) is 0 Å². The first-order valence-corrected chi connectivity index (χ1v) is 3.88. The van der Waals surface area contributed by atoms with Gasteiger partial charge >= 0.3 is 12.2 Å². The largest absolute Gasteiger partial charge is 0.464 e. The summed E-state index contributed by atoms with van der Waals surface area (Å²) in [7, 11) is 0. The normalized spacial score (nSPS) is 8.00. The van der Waals surface area contributed by atoms with Gasteiger partial charge in [0, 0.05) is 6.54 Å². The molecule has 0 fully saturated rings. The van der Waals surface area contributed by atoms with E-state index < -0.39 is 12.2 Å². The summed E-state index contributed by atoms with van der Waals surface area (Å²) in [6.45, 7) is 4.04. The third-order valence-corrected chi connectivity index (χ3v) is 0.980. The topological polar surface area (TPSA) is 131 Å². The van der Waals surface area contributed by atoms with Gasteiger partial charge in [-0.25, -0.2) is 26.3 Å². The van der Waals surface area contributed by atoms with Crippen molar-refractivity contribution in [3.05, 3.63) is 0 Å². The minimum Gasteiger partial charge on any atom is -0.464 e. The number of rotatable bonds is 2. The molecule has 2 amide bonds. The molecule has 0 aliphatic heterocycles. The molecule has 0 rings (SSSR count). The van der Waals surface area contributed by atoms with E-state index in [1.54, 1.807) is 19.3 Å². The fourth-order valence-electron chi connectivity index (χ4n) is 0.308. The van der Waals surface area contributed by atoms with Crippen molar-refractivity contribution in [2.24, 2.45) is 11.7 Å². The van der Waals surface area contributed by atoms with Crippen LogP contribution in [0.1, 0.15) is 13.8 Å². The average molecular weight is 208 g/mol. The van der Waals surface area contributed by atoms with Crippen LogP contribution in [0.3, 0.4) is 0 Å². The molecule has 0 aromatic rings. The summed E-state index contributed by atoms with van der Waals surface area (Å²) < 4.78 is 4.32. The number of nitrogens with one attached hydrogen (secondary N) is 1. The molecule has 8 heteroatoms. The molecule has 0 saturated carbocycles. The van der Waals surface area contributed by atoms with Gasteiger partial charge in [0.1, 0.15) is 0 Å². The Balaban J connectivity index is 0. The second-order valence-electron chi connectivity index (χ2n) is 1.93. The number of carbonyl (C=O) groups excluding carboxylic acids is 1. The third-order valence-electron chi connectivity index (χ3n) is 0.980. The molecular formula is C6H16N4O4. The first kappa shape index (κ1) is 15.0. The summed E-state index contributed by atoms with van der Waals surface area (Å²) in [5, 5.41) is 8.69. The molecule has 0 aromatic heterocycles. The zero-order chi connectivity index (χ0) is 11.6. The van der Waals surface area contributed by atoms with Crippen LogP contribution in [0.4, 0.5) is 9.59 Å². The maximum Gasteiger partial charge on any atom is 0.421 e. The molecule has 0 aliphatic rings. The van der Waals surface area contributed by atoms with Gasteiger partial charge in [-0.15, -0.1) is 0 Å². The van der Waals surface area contributed by atoms with E-state index in [0.717, 1.165) is 0 Å². The molecule has 14 heavy (non-hydrogen) atoms. The van der Waals surface area contributed by atoms with Crippen molar-refractivity contribution < 1.29 is 19.4 Å². The Bertz CT molecular complexity index is 173. The molecule has 0 bridgehead atoms. The van der Waals surface area contributed by atoms with Crippen molar-refractivity contribution in [3.63, 3.8) is 0 Å². The standard InChI is InChI=1S/2C3H8N2O2/c1-2-7-3(6)5-4;1-2-5(4)3(6)7/h2,4H2,1H3,(H,5,6);2,4H2,1H3,(H,6,7). The van der Waals surface area contributed by atoms with Crippen LogP contribution in [0, 0.1) is 0 Å². The molecule has 0 radical (unpaired) electrons. The van der Waals surface area contributed by atoms with Crippen LogP contribution in [0.2, 0.25) is 0 Å². The highest BCUT2D eigenvalue weighted by atomic mass is 16.5. The van der Waals surface area contributed by atoms with Crippen LogP contribution in [-0.4, -0.2) is 35.5 Å². The number of hydrogen-bond acceptors (Lipinski definition) is 5. The summed E-state index contributed by atoms with van der Waals surface area (Å²) in [6.07, 6.45) is -1.69. The van der Waals surface area contributed by atoms with E-state index in [-0.39, 0.29) is 0 Å². The first-order valence-electron chi connectivity index (χ1n) is 3.88. The van der Waals surface area contributed by atoms with E-state index in [9.17, 15) is 9.59 Å². The van der Waals surface area contributed by atoms with Crippen molar-refractivity contribution in [2.75, 3.05) is 13.2 Å². The number of carboxylic acid groups (broad SMARTS) is 1. The molecule has 0 saturated heterocycles. The van der Waals surface area contributed by atoms with E-state index in [1.165, 1.54) is 0 Å². The highest BCUT2D eigenvalue weighted by molar-refractivity contribution is 5.66. The molecule has 0 spiro atoms. The molecule has 0 heterocycles. The van der Waals surface area contributed by atoms with E-state index in [4.69, 9.17) is 10.9 Å². The van der Waals surface area contributed by atoms with E-state index >= 15 is 0 Å². The minimum atomic E-state index is -1.09. The fraction of sp³-hybridized carbons (Fsp3) is 0.667. The second-order valence-corrected chi connectivity index (χ2v) is 1.93. The summed E-state index contributed by atoms with van der Waals surface area (Å²) in [6, 6.07) is 0. The number of hydrogen-bond donors (Lipinski definition) is 4. The Morgan fingerprint density at radius 3 is 2.07 bits per heavy atom. The summed E-state index contributed by atoms with van der Waals surface area (Å²) >= 11 is 0. The van der Waals surface area contributed by atoms with Crippen molar-refractivity contribution in [1.29, 1.82) is 0 Å². The van der Waals surface area contributed by atoms with Crippen LogP contribution in [0.5, 0.6) is 0 Å². The van der Waals surface area contributed by atoms with Gasteiger partial charge in [0.25, 0.3) is 0 Å². The van der Waals surface area contributed by atoms with Crippen molar-refractivity contribution in [2.45, 2.75) is 13.8 Å². The Morgan fingerprint density at radius 2 is 2.00 bits per heavy atom. The number of nitrogens with zero attached hydrogens (tertiary/aromatic N) is 1. The summed E-state index contributed by atoms with van der Waals surface area (Å²) in [4.78, 5) is 19.7. The average Bonchev–Trinajstić information content (AvgIpc) is 2.17. The monoisotopic (exact) mass is 208 g/mol. The van der Waals surface area contributed by atoms with Crippen LogP contribution in [0.25, 0.3) is 0 Å². The number of hydrazine groups is 2. The number of amides is 2. The zero-order valence-electron chi connectivity index (χ0n) is 8.19. The lowest BCUT2D eigenvalue weighted by Crippen LogP contribution is -2.35. The molecule has 0 atom stereocenters. The van der Waals surface area contributed by atoms with E-state index in [2.05, 4.69) is 10.6 Å². The Labute approximate surface area is 81.7 Å². The van der Waals surface area contributed by atoms with Gasteiger partial charge in [-0.3, -0.25) is 5.43 Å². The lowest BCUT2D eigenvalue weighted by molar-refractivity contribution is 0.148. The molecule has 0 aliphatic carbocycles. The molecular weight excluding hydrogens is 192 g/mol. The van der Waals surface area contributed by atoms with Crippen molar-refractivity contribution in [3.8, 4) is 0 Å². The van der Waals surface area contributed by atoms with Gasteiger partial charge in [0.05, 0.1) is 6.61 Å². The maximum absolute atomic E-state index is 9.95. The summed E-state index contributed by atoms with van der Waals surface area (Å²) in [5.74, 6) is 9.48. The number of ether oxygens (including phenoxy) is 1. The third kappa shape index (κ3) is 10.5. The maximum atomic E-state index is 9.95. The minimum absolute atomic E-state index is 0.329. The van der Waals surface area contributed by atoms with Gasteiger partial charge < -0.3 is 9.84 Å². The number of nitrogens with two attached hydrogens (primary N) is 2. The zero-order valence-corrected chi connectivity index (χ0v) is 8.19. The van der Waals surface area contributed by atoms with Crippen LogP contribution in [-0.2, 0) is 4.74 Å². The Kier molecular flexibility index (Phi) is 10.2. The van der Waals surface area contributed by atoms with E-state index in [1.807, 2.05) is 0 Å². The quantitative estimate of drug-likeness (QED) is 0.274. The molecule has 0 unspecified atom stereocenters. The summed E-state index contributed by atoms with van der Waals surface area (Å²) in [5.41, 5.74) is 1.80. The Hall–Kier alpha value is -1.54. The smallest absolute Gasteiger partial charge is 0.421 e. The van der Waals surface area contributed by atoms with Gasteiger partial charge in [-0.2, -0.15) is 0 Å². The van der Waals surface area contributed by atoms with Gasteiger partial charge in [0.15, 0.2) is 0 Å². The van der Waals surface area contributed by atoms with Crippen LogP contribution >= 0.6 is 0 Å². The van der Waals surface area contributed by atoms with Crippen molar-refractivity contribution in [1.82, 2.24) is 10.4 Å². The highest BCUT2D eigenvalue weighted by Crippen LogP contribution is 1.73. The van der Waals surface area contributed by atoms with Crippen LogP contribution < -0.4 is 17.1 Å². The molecule has 8 nitrogen and oxygen atoms in total. The molecule has 84 valence electrons. The fourth-order valence-corrected chi connectivity index (χ4v) is 0.308. The predicted molar refractivity (Wildman–Crippen MR) is 48.9 cm³/mol. The highest BCUT2D eigenvalue weighted by Gasteiger charge is 1.98. The second kappa shape index (κ2) is 9.55. The first-order chi connectivity index (χ1) is 6.49. The number of carbonyl (C=O) groups is 2. The predicted octanol–water partition coefficient (Wildman–Crippen LogP) is -0.534. The molecule has 0 aromatic carbocycles. The Morgan fingerprint density at radius 1 is 1.50 bits per heavy atom. The van der Waals surface area contributed by atoms with E-state index in [0.29, 0.717) is 18.2 Å².